The molecule has 106 valence electrons. The molecule has 1 amide bonds. The molecule has 2 rings (SSSR count). The minimum absolute atomic E-state index is 0.0121. The first-order valence-electron chi connectivity index (χ1n) is 6.75. The van der Waals surface area contributed by atoms with Crippen LogP contribution < -0.4 is 0 Å². The van der Waals surface area contributed by atoms with Gasteiger partial charge in [-0.05, 0) is 25.0 Å². The first-order chi connectivity index (χ1) is 9.74. The monoisotopic (exact) mass is 291 g/mol. The van der Waals surface area contributed by atoms with E-state index in [1.165, 1.54) is 0 Å². The summed E-state index contributed by atoms with van der Waals surface area (Å²) in [5.41, 5.74) is 2.01. The summed E-state index contributed by atoms with van der Waals surface area (Å²) < 4.78 is 0. The number of carbonyl (C=O) groups excluding carboxylic acids is 1. The molecule has 0 unspecified atom stereocenters. The molecule has 1 aromatic carbocycles. The highest BCUT2D eigenvalue weighted by atomic mass is 35.5. The van der Waals surface area contributed by atoms with Gasteiger partial charge in [0.25, 0.3) is 5.91 Å². The average molecular weight is 292 g/mol. The highest BCUT2D eigenvalue weighted by Gasteiger charge is 2.15. The quantitative estimate of drug-likeness (QED) is 0.607. The van der Waals surface area contributed by atoms with Gasteiger partial charge in [0, 0.05) is 31.9 Å². The number of amides is 1. The molecule has 0 atom stereocenters. The van der Waals surface area contributed by atoms with Crippen LogP contribution in [0.1, 0.15) is 29.6 Å². The predicted octanol–water partition coefficient (Wildman–Crippen LogP) is 3.11. The zero-order chi connectivity index (χ0) is 14.4. The summed E-state index contributed by atoms with van der Waals surface area (Å²) in [6, 6.07) is 5.50. The second kappa shape index (κ2) is 7.20. The van der Waals surface area contributed by atoms with Gasteiger partial charge in [-0.15, -0.1) is 11.6 Å². The maximum Gasteiger partial charge on any atom is 0.255 e. The van der Waals surface area contributed by atoms with E-state index in [2.05, 4.69) is 9.97 Å². The van der Waals surface area contributed by atoms with Gasteiger partial charge in [-0.25, -0.2) is 0 Å². The number of alkyl halides is 1. The third-order valence-corrected chi connectivity index (χ3v) is 3.47. The number of hydrogen-bond acceptors (Lipinski definition) is 3. The summed E-state index contributed by atoms with van der Waals surface area (Å²) in [5, 5.41) is 0. The fourth-order valence-electron chi connectivity index (χ4n) is 2.09. The number of fused-ring (bicyclic) bond motifs is 1. The van der Waals surface area contributed by atoms with E-state index in [0.717, 1.165) is 31.3 Å². The minimum atomic E-state index is -0.0121. The number of rotatable bonds is 6. The van der Waals surface area contributed by atoms with Crippen molar-refractivity contribution in [3.63, 3.8) is 0 Å². The van der Waals surface area contributed by atoms with Crippen molar-refractivity contribution in [1.29, 1.82) is 0 Å². The fourth-order valence-corrected chi connectivity index (χ4v) is 2.28. The normalized spacial score (nSPS) is 10.7. The lowest BCUT2D eigenvalue weighted by Gasteiger charge is -2.17. The third-order valence-electron chi connectivity index (χ3n) is 3.20. The van der Waals surface area contributed by atoms with E-state index in [1.54, 1.807) is 23.4 Å². The first kappa shape index (κ1) is 14.7. The van der Waals surface area contributed by atoms with Gasteiger partial charge in [0.1, 0.15) is 5.52 Å². The van der Waals surface area contributed by atoms with Crippen LogP contribution in [0.4, 0.5) is 0 Å². The van der Waals surface area contributed by atoms with Crippen LogP contribution in [0.15, 0.2) is 30.6 Å². The Labute approximate surface area is 123 Å². The average Bonchev–Trinajstić information content (AvgIpc) is 2.50. The minimum Gasteiger partial charge on any atom is -0.342 e. The van der Waals surface area contributed by atoms with Crippen LogP contribution in [0.2, 0.25) is 0 Å². The van der Waals surface area contributed by atoms with Gasteiger partial charge in [0.15, 0.2) is 0 Å². The molecule has 0 aliphatic heterocycles. The predicted molar refractivity (Wildman–Crippen MR) is 81.1 cm³/mol. The van der Waals surface area contributed by atoms with Crippen molar-refractivity contribution < 1.29 is 4.79 Å². The number of para-hydroxylation sites is 1. The van der Waals surface area contributed by atoms with Crippen LogP contribution >= 0.6 is 11.6 Å². The number of carbonyl (C=O) groups is 1. The lowest BCUT2D eigenvalue weighted by molar-refractivity contribution is 0.0794. The highest BCUT2D eigenvalue weighted by Crippen LogP contribution is 2.15. The Morgan fingerprint density at radius 2 is 2.00 bits per heavy atom. The Morgan fingerprint density at radius 3 is 2.80 bits per heavy atom. The van der Waals surface area contributed by atoms with Gasteiger partial charge in [-0.3, -0.25) is 14.8 Å². The molecule has 1 heterocycles. The van der Waals surface area contributed by atoms with E-state index in [0.29, 0.717) is 17.0 Å². The molecular formula is C15H18ClN3O. The molecule has 0 saturated heterocycles. The maximum absolute atomic E-state index is 12.5. The molecular weight excluding hydrogens is 274 g/mol. The van der Waals surface area contributed by atoms with Crippen molar-refractivity contribution in [2.75, 3.05) is 19.5 Å². The molecule has 0 fully saturated rings. The van der Waals surface area contributed by atoms with Crippen molar-refractivity contribution in [3.8, 4) is 0 Å². The summed E-state index contributed by atoms with van der Waals surface area (Å²) in [5.74, 6) is 0.665. The van der Waals surface area contributed by atoms with Crippen LogP contribution in [0, 0.1) is 0 Å². The highest BCUT2D eigenvalue weighted by molar-refractivity contribution is 6.17. The number of aromatic nitrogens is 2. The van der Waals surface area contributed by atoms with E-state index in [-0.39, 0.29) is 5.91 Å². The van der Waals surface area contributed by atoms with Crippen molar-refractivity contribution in [1.82, 2.24) is 14.9 Å². The number of halogens is 1. The van der Waals surface area contributed by atoms with Crippen LogP contribution in [-0.2, 0) is 0 Å². The van der Waals surface area contributed by atoms with Crippen molar-refractivity contribution in [2.45, 2.75) is 19.3 Å². The molecule has 4 nitrogen and oxygen atoms in total. The molecule has 0 radical (unpaired) electrons. The maximum atomic E-state index is 12.5. The SMILES string of the molecule is CN(CCCCCCl)C(=O)c1cccc2nccnc12. The molecule has 0 spiro atoms. The van der Waals surface area contributed by atoms with Gasteiger partial charge < -0.3 is 4.90 Å². The Morgan fingerprint density at radius 1 is 1.20 bits per heavy atom. The number of nitrogens with zero attached hydrogens (tertiary/aromatic N) is 3. The lowest BCUT2D eigenvalue weighted by Crippen LogP contribution is -2.28. The van der Waals surface area contributed by atoms with Crippen molar-refractivity contribution >= 4 is 28.5 Å². The first-order valence-corrected chi connectivity index (χ1v) is 7.28. The van der Waals surface area contributed by atoms with Crippen molar-refractivity contribution in [3.05, 3.63) is 36.2 Å². The fraction of sp³-hybridized carbons (Fsp3) is 0.400. The Balaban J connectivity index is 2.10. The van der Waals surface area contributed by atoms with E-state index < -0.39 is 0 Å². The van der Waals surface area contributed by atoms with Gasteiger partial charge >= 0.3 is 0 Å². The van der Waals surface area contributed by atoms with E-state index in [1.807, 2.05) is 19.2 Å². The summed E-state index contributed by atoms with van der Waals surface area (Å²) in [4.78, 5) is 22.7. The molecule has 0 saturated carbocycles. The summed E-state index contributed by atoms with van der Waals surface area (Å²) >= 11 is 5.64. The van der Waals surface area contributed by atoms with Crippen LogP contribution in [0.3, 0.4) is 0 Å². The zero-order valence-corrected chi connectivity index (χ0v) is 12.3. The standard InChI is InChI=1S/C15H18ClN3O/c1-19(11-4-2-3-8-16)15(20)12-6-5-7-13-14(12)18-10-9-17-13/h5-7,9-10H,2-4,8,11H2,1H3. The topological polar surface area (TPSA) is 46.1 Å². The number of hydrogen-bond donors (Lipinski definition) is 0. The van der Waals surface area contributed by atoms with Crippen LogP contribution in [0.5, 0.6) is 0 Å². The summed E-state index contributed by atoms with van der Waals surface area (Å²) in [7, 11) is 1.82. The number of unbranched alkanes of at least 4 members (excludes halogenated alkanes) is 2. The molecule has 0 aliphatic rings. The van der Waals surface area contributed by atoms with E-state index in [4.69, 9.17) is 11.6 Å². The Kier molecular flexibility index (Phi) is 5.30. The molecule has 0 bridgehead atoms. The molecule has 0 N–H and O–H groups in total. The lowest BCUT2D eigenvalue weighted by atomic mass is 10.1. The second-order valence-electron chi connectivity index (χ2n) is 4.71. The van der Waals surface area contributed by atoms with Gasteiger partial charge in [0.05, 0.1) is 11.1 Å². The van der Waals surface area contributed by atoms with E-state index in [9.17, 15) is 4.79 Å². The molecule has 0 aliphatic carbocycles. The molecule has 5 heteroatoms. The molecule has 2 aromatic rings. The van der Waals surface area contributed by atoms with Crippen LogP contribution in [0.25, 0.3) is 11.0 Å². The summed E-state index contributed by atoms with van der Waals surface area (Å²) in [6.45, 7) is 0.729. The second-order valence-corrected chi connectivity index (χ2v) is 5.08. The van der Waals surface area contributed by atoms with Gasteiger partial charge in [-0.2, -0.15) is 0 Å². The molecule has 1 aromatic heterocycles. The Hall–Kier alpha value is -1.68. The zero-order valence-electron chi connectivity index (χ0n) is 11.6. The third kappa shape index (κ3) is 3.45. The van der Waals surface area contributed by atoms with Crippen LogP contribution in [-0.4, -0.2) is 40.2 Å². The van der Waals surface area contributed by atoms with E-state index >= 15 is 0 Å². The number of benzene rings is 1. The largest absolute Gasteiger partial charge is 0.342 e. The van der Waals surface area contributed by atoms with Crippen molar-refractivity contribution in [2.24, 2.45) is 0 Å². The smallest absolute Gasteiger partial charge is 0.255 e. The van der Waals surface area contributed by atoms with Gasteiger partial charge in [-0.1, -0.05) is 12.5 Å². The summed E-state index contributed by atoms with van der Waals surface area (Å²) in [6.07, 6.45) is 6.23. The van der Waals surface area contributed by atoms with Gasteiger partial charge in [0.2, 0.25) is 0 Å². The Bertz CT molecular complexity index is 583. The molecule has 20 heavy (non-hydrogen) atoms.